The zero-order valence-corrected chi connectivity index (χ0v) is 21.9. The number of Topliss-reactive ketones (excluding diaryl/α,β-unsaturated/α-hetero) is 1. The van der Waals surface area contributed by atoms with Gasteiger partial charge in [-0.15, -0.1) is 0 Å². The minimum atomic E-state index is -1.99. The second kappa shape index (κ2) is 9.29. The van der Waals surface area contributed by atoms with Crippen LogP contribution in [0.4, 0.5) is 5.69 Å². The minimum Gasteiger partial charge on any atom is -0.496 e. The number of amides is 1. The topological polar surface area (TPSA) is 121 Å². The fourth-order valence-electron chi connectivity index (χ4n) is 6.71. The molecule has 3 atom stereocenters. The van der Waals surface area contributed by atoms with Gasteiger partial charge in [-0.2, -0.15) is 10.5 Å². The molecule has 3 aliphatic rings. The van der Waals surface area contributed by atoms with Crippen LogP contribution in [0.15, 0.2) is 84.1 Å². The number of nitrogens with one attached hydrogen (secondary N) is 1. The van der Waals surface area contributed by atoms with Crippen LogP contribution in [0.25, 0.3) is 0 Å². The molecule has 40 heavy (non-hydrogen) atoms. The van der Waals surface area contributed by atoms with Crippen molar-refractivity contribution in [1.29, 1.82) is 10.5 Å². The van der Waals surface area contributed by atoms with E-state index in [0.717, 1.165) is 0 Å². The molecule has 0 fully saturated rings. The van der Waals surface area contributed by atoms with E-state index in [1.807, 2.05) is 18.2 Å². The highest BCUT2D eigenvalue weighted by molar-refractivity contribution is 6.17. The number of anilines is 1. The lowest BCUT2D eigenvalue weighted by Gasteiger charge is -2.49. The van der Waals surface area contributed by atoms with Crippen LogP contribution >= 0.6 is 0 Å². The number of nitriles is 2. The van der Waals surface area contributed by atoms with Crippen molar-refractivity contribution in [2.45, 2.75) is 30.3 Å². The minimum absolute atomic E-state index is 0.0470. The maximum Gasteiger partial charge on any atom is 0.242 e. The number of allylic oxidation sites excluding steroid dienone is 1. The van der Waals surface area contributed by atoms with E-state index in [9.17, 15) is 20.1 Å². The first kappa shape index (κ1) is 25.2. The fraction of sp³-hybridized carbons (Fsp3) is 0.250. The monoisotopic (exact) mass is 531 g/mol. The van der Waals surface area contributed by atoms with Gasteiger partial charge in [-0.05, 0) is 23.8 Å². The van der Waals surface area contributed by atoms with Crippen molar-refractivity contribution in [3.8, 4) is 23.6 Å². The highest BCUT2D eigenvalue weighted by Crippen LogP contribution is 2.66. The van der Waals surface area contributed by atoms with Crippen molar-refractivity contribution in [2.24, 2.45) is 5.41 Å². The van der Waals surface area contributed by atoms with Gasteiger partial charge in [0, 0.05) is 29.2 Å². The summed E-state index contributed by atoms with van der Waals surface area (Å²) < 4.78 is 17.8. The molecule has 3 aromatic carbocycles. The van der Waals surface area contributed by atoms with Gasteiger partial charge in [0.25, 0.3) is 0 Å². The van der Waals surface area contributed by atoms with Gasteiger partial charge in [-0.1, -0.05) is 54.6 Å². The highest BCUT2D eigenvalue weighted by atomic mass is 16.5. The smallest absolute Gasteiger partial charge is 0.242 e. The summed E-state index contributed by atoms with van der Waals surface area (Å²) in [7, 11) is 3.06. The average Bonchev–Trinajstić information content (AvgIpc) is 3.29. The van der Waals surface area contributed by atoms with E-state index in [-0.39, 0.29) is 30.0 Å². The third kappa shape index (κ3) is 3.17. The number of ether oxygens (including phenoxy) is 3. The van der Waals surface area contributed by atoms with Crippen LogP contribution in [0, 0.1) is 28.1 Å². The van der Waals surface area contributed by atoms with Gasteiger partial charge < -0.3 is 19.5 Å². The zero-order chi connectivity index (χ0) is 28.1. The van der Waals surface area contributed by atoms with Gasteiger partial charge in [0.05, 0.1) is 38.4 Å². The third-order valence-corrected chi connectivity index (χ3v) is 8.36. The van der Waals surface area contributed by atoms with Crippen LogP contribution in [0.2, 0.25) is 0 Å². The maximum absolute atomic E-state index is 14.2. The summed E-state index contributed by atoms with van der Waals surface area (Å²) in [6, 6.07) is 25.8. The van der Waals surface area contributed by atoms with Gasteiger partial charge in [-0.3, -0.25) is 9.59 Å². The summed E-state index contributed by atoms with van der Waals surface area (Å²) in [5.74, 6) is -0.483. The average molecular weight is 532 g/mol. The van der Waals surface area contributed by atoms with Crippen LogP contribution in [0.1, 0.15) is 41.6 Å². The highest BCUT2D eigenvalue weighted by Gasteiger charge is 2.72. The number of rotatable bonds is 4. The van der Waals surface area contributed by atoms with Crippen molar-refractivity contribution in [3.63, 3.8) is 0 Å². The molecular weight excluding hydrogens is 506 g/mol. The number of ketones is 1. The summed E-state index contributed by atoms with van der Waals surface area (Å²) >= 11 is 0. The lowest BCUT2D eigenvalue weighted by atomic mass is 9.47. The number of fused-ring (bicyclic) bond motifs is 3. The van der Waals surface area contributed by atoms with Gasteiger partial charge in [0.15, 0.2) is 11.2 Å². The molecule has 0 unspecified atom stereocenters. The summed E-state index contributed by atoms with van der Waals surface area (Å²) in [5.41, 5.74) is -1.72. The first-order chi connectivity index (χ1) is 19.5. The molecule has 6 rings (SSSR count). The number of carbonyl (C=O) groups excluding carboxylic acids is 2. The quantitative estimate of drug-likeness (QED) is 0.497. The molecule has 0 aromatic heterocycles. The number of hydrogen-bond acceptors (Lipinski definition) is 7. The Bertz CT molecular complexity index is 1670. The molecule has 1 spiro atoms. The maximum atomic E-state index is 14.2. The Morgan fingerprint density at radius 2 is 1.45 bits per heavy atom. The molecule has 0 bridgehead atoms. The normalized spacial score (nSPS) is 24.2. The number of benzene rings is 3. The summed E-state index contributed by atoms with van der Waals surface area (Å²) in [5, 5.41) is 24.7. The van der Waals surface area contributed by atoms with Crippen molar-refractivity contribution in [1.82, 2.24) is 0 Å². The fourth-order valence-corrected chi connectivity index (χ4v) is 6.71. The molecular formula is C32H25N3O5. The molecule has 0 saturated heterocycles. The van der Waals surface area contributed by atoms with Crippen LogP contribution < -0.4 is 14.8 Å². The Balaban J connectivity index is 1.67. The first-order valence-electron chi connectivity index (χ1n) is 12.9. The standard InChI is InChI=1S/C32H25N3O5/c1-38-25-13-7-3-9-19(25)22-15-28-29(24(36)16-27(40-28)20-10-4-8-14-26(20)39-2)32(31(22,17-33)18-34)21-11-5-6-12-23(21)35-30(32)37/h3-14,22,27H,15-16H2,1-2H3,(H,35,37)/t22-,27+,32-/m1/s1. The molecule has 1 amide bonds. The molecule has 1 aliphatic carbocycles. The SMILES string of the molecule is COc1ccccc1[C@@H]1CC(=O)C2=C(C[C@H](c3ccccc3OC)C(C#N)(C#N)[C@@]23C(=O)Nc2ccccc23)O1. The van der Waals surface area contributed by atoms with Crippen LogP contribution in [-0.2, 0) is 19.7 Å². The third-order valence-electron chi connectivity index (χ3n) is 8.36. The Morgan fingerprint density at radius 3 is 2.12 bits per heavy atom. The Morgan fingerprint density at radius 1 is 0.850 bits per heavy atom. The summed E-state index contributed by atoms with van der Waals surface area (Å²) in [6.45, 7) is 0. The molecule has 2 aliphatic heterocycles. The Hall–Kier alpha value is -5.08. The summed E-state index contributed by atoms with van der Waals surface area (Å²) in [4.78, 5) is 28.4. The lowest BCUT2D eigenvalue weighted by Crippen LogP contribution is -2.58. The second-order valence-corrected chi connectivity index (χ2v) is 10.1. The molecule has 0 radical (unpaired) electrons. The molecule has 198 valence electrons. The first-order valence-corrected chi connectivity index (χ1v) is 12.9. The number of methoxy groups -OCH3 is 2. The molecule has 0 saturated carbocycles. The van der Waals surface area contributed by atoms with E-state index in [4.69, 9.17) is 14.2 Å². The molecule has 3 aromatic rings. The summed E-state index contributed by atoms with van der Waals surface area (Å²) in [6.07, 6.45) is -0.706. The number of para-hydroxylation sites is 3. The van der Waals surface area contributed by atoms with Crippen molar-refractivity contribution < 1.29 is 23.8 Å². The van der Waals surface area contributed by atoms with Crippen LogP contribution in [0.3, 0.4) is 0 Å². The van der Waals surface area contributed by atoms with Crippen LogP contribution in [-0.4, -0.2) is 25.9 Å². The molecule has 1 N–H and O–H groups in total. The van der Waals surface area contributed by atoms with Gasteiger partial charge in [0.1, 0.15) is 28.8 Å². The Labute approximate surface area is 231 Å². The van der Waals surface area contributed by atoms with E-state index >= 15 is 0 Å². The van der Waals surface area contributed by atoms with Crippen molar-refractivity contribution in [2.75, 3.05) is 19.5 Å². The second-order valence-electron chi connectivity index (χ2n) is 10.1. The molecule has 2 heterocycles. The van der Waals surface area contributed by atoms with Gasteiger partial charge >= 0.3 is 0 Å². The van der Waals surface area contributed by atoms with E-state index in [0.29, 0.717) is 33.9 Å². The predicted octanol–water partition coefficient (Wildman–Crippen LogP) is 5.10. The van der Waals surface area contributed by atoms with E-state index in [2.05, 4.69) is 17.5 Å². The van der Waals surface area contributed by atoms with Gasteiger partial charge in [-0.25, -0.2) is 0 Å². The van der Waals surface area contributed by atoms with Crippen LogP contribution in [0.5, 0.6) is 11.5 Å². The molecule has 8 nitrogen and oxygen atoms in total. The van der Waals surface area contributed by atoms with Crippen molar-refractivity contribution in [3.05, 3.63) is 101 Å². The number of hydrogen-bond donors (Lipinski definition) is 1. The van der Waals surface area contributed by atoms with Crippen molar-refractivity contribution >= 4 is 17.4 Å². The lowest BCUT2D eigenvalue weighted by molar-refractivity contribution is -0.130. The van der Waals surface area contributed by atoms with E-state index in [1.54, 1.807) is 61.7 Å². The number of nitrogens with zero attached hydrogens (tertiary/aromatic N) is 2. The zero-order valence-electron chi connectivity index (χ0n) is 21.9. The molecule has 8 heteroatoms. The van der Waals surface area contributed by atoms with E-state index in [1.165, 1.54) is 7.11 Å². The predicted molar refractivity (Wildman–Crippen MR) is 144 cm³/mol. The largest absolute Gasteiger partial charge is 0.496 e. The number of carbonyl (C=O) groups is 2. The Kier molecular flexibility index (Phi) is 5.85. The van der Waals surface area contributed by atoms with Gasteiger partial charge in [0.2, 0.25) is 5.91 Å². The van der Waals surface area contributed by atoms with E-state index < -0.39 is 28.8 Å².